The minimum absolute atomic E-state index is 0.0360. The van der Waals surface area contributed by atoms with E-state index in [0.29, 0.717) is 13.0 Å². The molecule has 5 nitrogen and oxygen atoms in total. The summed E-state index contributed by atoms with van der Waals surface area (Å²) in [5, 5.41) is 11.9. The van der Waals surface area contributed by atoms with Crippen LogP contribution >= 0.6 is 0 Å². The van der Waals surface area contributed by atoms with Gasteiger partial charge in [0.2, 0.25) is 0 Å². The van der Waals surface area contributed by atoms with E-state index in [9.17, 15) is 9.90 Å². The van der Waals surface area contributed by atoms with Crippen molar-refractivity contribution in [1.82, 2.24) is 10.2 Å². The predicted molar refractivity (Wildman–Crippen MR) is 70.3 cm³/mol. The van der Waals surface area contributed by atoms with Crippen LogP contribution in [0.1, 0.15) is 12.8 Å². The first-order valence-corrected chi connectivity index (χ1v) is 5.81. The molecule has 94 valence electrons. The van der Waals surface area contributed by atoms with E-state index in [4.69, 9.17) is 23.5 Å². The van der Waals surface area contributed by atoms with Crippen LogP contribution < -0.4 is 5.32 Å². The average Bonchev–Trinajstić information content (AvgIpc) is 2.22. The van der Waals surface area contributed by atoms with Crippen molar-refractivity contribution >= 4 is 29.5 Å². The molecule has 0 saturated carbocycles. The molecule has 18 heavy (non-hydrogen) atoms. The number of rotatable bonds is 4. The van der Waals surface area contributed by atoms with Gasteiger partial charge in [-0.2, -0.15) is 0 Å². The van der Waals surface area contributed by atoms with Crippen molar-refractivity contribution in [3.05, 3.63) is 0 Å². The summed E-state index contributed by atoms with van der Waals surface area (Å²) in [5.74, 6) is -0.514. The van der Waals surface area contributed by atoms with Gasteiger partial charge < -0.3 is 15.2 Å². The van der Waals surface area contributed by atoms with Gasteiger partial charge in [-0.15, -0.1) is 0 Å². The number of hydrogen-bond donors (Lipinski definition) is 2. The first-order valence-electron chi connectivity index (χ1n) is 5.81. The van der Waals surface area contributed by atoms with Gasteiger partial charge in [-0.3, -0.25) is 9.69 Å². The third kappa shape index (κ3) is 3.52. The zero-order chi connectivity index (χ0) is 14.0. The third-order valence-electron chi connectivity index (χ3n) is 3.18. The highest BCUT2D eigenvalue weighted by molar-refractivity contribution is 6.40. The second kappa shape index (κ2) is 5.67. The lowest BCUT2D eigenvalue weighted by molar-refractivity contribution is -0.154. The molecule has 8 heteroatoms. The molecule has 0 aliphatic carbocycles. The Morgan fingerprint density at radius 3 is 2.56 bits per heavy atom. The van der Waals surface area contributed by atoms with Crippen LogP contribution in [0.2, 0.25) is 0 Å². The van der Waals surface area contributed by atoms with E-state index in [1.165, 1.54) is 12.0 Å². The minimum atomic E-state index is -1.72. The Hall–Kier alpha value is -0.455. The molecule has 1 rings (SSSR count). The number of piperidine rings is 1. The predicted octanol–water partition coefficient (Wildman–Crippen LogP) is -2.10. The zero-order valence-electron chi connectivity index (χ0n) is 10.8. The van der Waals surface area contributed by atoms with Crippen molar-refractivity contribution in [2.24, 2.45) is 5.92 Å². The Labute approximate surface area is 112 Å². The van der Waals surface area contributed by atoms with Gasteiger partial charge in [0.1, 0.15) is 7.85 Å². The molecule has 0 bridgehead atoms. The number of nitrogens with zero attached hydrogens (tertiary/aromatic N) is 1. The van der Waals surface area contributed by atoms with Gasteiger partial charge in [0.25, 0.3) is 0 Å². The topological polar surface area (TPSA) is 61.8 Å². The highest BCUT2D eigenvalue weighted by Crippen LogP contribution is 2.35. The summed E-state index contributed by atoms with van der Waals surface area (Å²) >= 11 is 0. The van der Waals surface area contributed by atoms with E-state index in [0.717, 1.165) is 0 Å². The van der Waals surface area contributed by atoms with Crippen molar-refractivity contribution in [3.63, 3.8) is 0 Å². The molecule has 1 fully saturated rings. The molecule has 0 spiro atoms. The van der Waals surface area contributed by atoms with E-state index in [2.05, 4.69) is 10.1 Å². The van der Waals surface area contributed by atoms with Gasteiger partial charge in [-0.1, -0.05) is 5.34 Å². The monoisotopic (exact) mass is 246 g/mol. The quantitative estimate of drug-likeness (QED) is 0.439. The highest BCUT2D eigenvalue weighted by atomic mass is 16.5. The van der Waals surface area contributed by atoms with Gasteiger partial charge in [0.15, 0.2) is 0 Å². The fourth-order valence-corrected chi connectivity index (χ4v) is 2.45. The Balaban J connectivity index is 2.85. The van der Waals surface area contributed by atoms with Crippen molar-refractivity contribution in [2.75, 3.05) is 27.2 Å². The number of aliphatic hydroxyl groups is 1. The molecule has 2 unspecified atom stereocenters. The van der Waals surface area contributed by atoms with Crippen molar-refractivity contribution in [1.29, 1.82) is 0 Å². The van der Waals surface area contributed by atoms with Crippen LogP contribution in [0.25, 0.3) is 0 Å². The van der Waals surface area contributed by atoms with Crippen molar-refractivity contribution < 1.29 is 14.6 Å². The number of nitrogens with one attached hydrogen (secondary N) is 1. The van der Waals surface area contributed by atoms with Crippen LogP contribution in [-0.4, -0.2) is 77.7 Å². The highest BCUT2D eigenvalue weighted by Gasteiger charge is 2.45. The lowest BCUT2D eigenvalue weighted by Crippen LogP contribution is -2.68. The van der Waals surface area contributed by atoms with Crippen molar-refractivity contribution in [3.8, 4) is 0 Å². The molecular weight excluding hydrogens is 229 g/mol. The molecule has 1 heterocycles. The lowest BCUT2D eigenvalue weighted by Gasteiger charge is -2.55. The number of carbonyl (C=O) groups excluding carboxylic acids is 1. The zero-order valence-corrected chi connectivity index (χ0v) is 10.8. The van der Waals surface area contributed by atoms with E-state index in [-0.39, 0.29) is 18.9 Å². The first-order chi connectivity index (χ1) is 8.23. The summed E-state index contributed by atoms with van der Waals surface area (Å²) in [6, 6.07) is 0. The fraction of sp³-hybridized carbons (Fsp3) is 0.900. The molecule has 0 aromatic heterocycles. The fourth-order valence-electron chi connectivity index (χ4n) is 2.45. The summed E-state index contributed by atoms with van der Waals surface area (Å²) < 4.78 is 4.54. The van der Waals surface area contributed by atoms with Gasteiger partial charge >= 0.3 is 5.97 Å². The molecule has 0 amide bonds. The molecule has 0 aromatic rings. The van der Waals surface area contributed by atoms with Crippen LogP contribution in [0.3, 0.4) is 0 Å². The summed E-state index contributed by atoms with van der Waals surface area (Å²) in [6.45, 7) is 0.393. The van der Waals surface area contributed by atoms with Crippen LogP contribution in [0.15, 0.2) is 0 Å². The molecule has 0 aromatic carbocycles. The molecular formula is C10H17B3N2O3. The van der Waals surface area contributed by atoms with Crippen molar-refractivity contribution in [2.45, 2.75) is 23.8 Å². The Kier molecular flexibility index (Phi) is 4.92. The normalized spacial score (nSPS) is 32.1. The molecule has 1 aliphatic heterocycles. The average molecular weight is 246 g/mol. The largest absolute Gasteiger partial charge is 0.468 e. The number of hydrogen-bond acceptors (Lipinski definition) is 5. The van der Waals surface area contributed by atoms with E-state index in [1.807, 2.05) is 0 Å². The standard InChI is InChI=1S/C10H17B3N2O3/c1-14-5-7-3-9(11,12)15(6-8(16)18-2)10(13,17)4-7/h7,14,17H,3-6H2,1-2H3. The first kappa shape index (κ1) is 15.6. The number of likely N-dealkylation sites (tertiary alicyclic amines) is 1. The van der Waals surface area contributed by atoms with Gasteiger partial charge in [0, 0.05) is 0 Å². The second-order valence-electron chi connectivity index (χ2n) is 4.86. The molecule has 6 radical (unpaired) electrons. The van der Waals surface area contributed by atoms with Crippen LogP contribution in [0.4, 0.5) is 0 Å². The lowest BCUT2D eigenvalue weighted by atomic mass is 9.52. The van der Waals surface area contributed by atoms with E-state index >= 15 is 0 Å². The SMILES string of the molecule is [B]C1([B])CC(CNC)CC([B])(O)N1CC(=O)OC. The van der Waals surface area contributed by atoms with Gasteiger partial charge in [-0.05, 0) is 32.4 Å². The summed E-state index contributed by atoms with van der Waals surface area (Å²) in [4.78, 5) is 12.5. The van der Waals surface area contributed by atoms with Gasteiger partial charge in [0.05, 0.1) is 35.0 Å². The minimum Gasteiger partial charge on any atom is -0.468 e. The Morgan fingerprint density at radius 1 is 1.50 bits per heavy atom. The molecule has 2 N–H and O–H groups in total. The van der Waals surface area contributed by atoms with Crippen LogP contribution in [0.5, 0.6) is 0 Å². The summed E-state index contributed by atoms with van der Waals surface area (Å²) in [5.41, 5.74) is -1.72. The Morgan fingerprint density at radius 2 is 2.11 bits per heavy atom. The third-order valence-corrected chi connectivity index (χ3v) is 3.18. The van der Waals surface area contributed by atoms with E-state index in [1.54, 1.807) is 7.05 Å². The molecule has 1 aliphatic rings. The number of carbonyl (C=O) groups is 1. The van der Waals surface area contributed by atoms with Crippen LogP contribution in [0, 0.1) is 5.92 Å². The molecule has 2 atom stereocenters. The maximum atomic E-state index is 11.3. The summed E-state index contributed by atoms with van der Waals surface area (Å²) in [7, 11) is 20.8. The van der Waals surface area contributed by atoms with Crippen LogP contribution in [-0.2, 0) is 9.53 Å². The number of esters is 1. The second-order valence-corrected chi connectivity index (χ2v) is 4.86. The smallest absolute Gasteiger partial charge is 0.319 e. The van der Waals surface area contributed by atoms with Gasteiger partial charge in [-0.25, -0.2) is 0 Å². The number of methoxy groups -OCH3 is 1. The molecule has 1 saturated heterocycles. The summed E-state index contributed by atoms with van der Waals surface area (Å²) in [6.07, 6.45) is 0.700. The number of ether oxygens (including phenoxy) is 1. The maximum absolute atomic E-state index is 11.3. The maximum Gasteiger partial charge on any atom is 0.319 e. The Bertz CT molecular complexity index is 295. The van der Waals surface area contributed by atoms with E-state index < -0.39 is 16.9 Å².